The highest BCUT2D eigenvalue weighted by Crippen LogP contribution is 2.27. The average Bonchev–Trinajstić information content (AvgIpc) is 2.34. The van der Waals surface area contributed by atoms with E-state index in [2.05, 4.69) is 38.1 Å². The van der Waals surface area contributed by atoms with Gasteiger partial charge < -0.3 is 0 Å². The zero-order chi connectivity index (χ0) is 12.4. The Morgan fingerprint density at radius 1 is 0.941 bits per heavy atom. The van der Waals surface area contributed by atoms with E-state index in [0.29, 0.717) is 0 Å². The van der Waals surface area contributed by atoms with Crippen LogP contribution in [0.25, 0.3) is 11.1 Å². The second-order valence-corrected chi connectivity index (χ2v) is 4.49. The van der Waals surface area contributed by atoms with Crippen LogP contribution in [-0.4, -0.2) is 6.29 Å². The summed E-state index contributed by atoms with van der Waals surface area (Å²) in [4.78, 5) is 10.9. The topological polar surface area (TPSA) is 17.1 Å². The largest absolute Gasteiger partial charge is 0.298 e. The Morgan fingerprint density at radius 3 is 2.18 bits per heavy atom. The summed E-state index contributed by atoms with van der Waals surface area (Å²) in [6, 6.07) is 12.3. The van der Waals surface area contributed by atoms with Crippen LogP contribution >= 0.6 is 0 Å². The number of carbonyl (C=O) groups excluding carboxylic acids is 1. The molecule has 2 rings (SSSR count). The van der Waals surface area contributed by atoms with Crippen molar-refractivity contribution in [2.45, 2.75) is 20.8 Å². The highest BCUT2D eigenvalue weighted by atomic mass is 16.1. The van der Waals surface area contributed by atoms with Gasteiger partial charge in [0.25, 0.3) is 0 Å². The molecular weight excluding hydrogens is 208 g/mol. The summed E-state index contributed by atoms with van der Waals surface area (Å²) in [7, 11) is 0. The second-order valence-electron chi connectivity index (χ2n) is 4.49. The van der Waals surface area contributed by atoms with E-state index in [-0.39, 0.29) is 0 Å². The summed E-state index contributed by atoms with van der Waals surface area (Å²) in [5.74, 6) is 0. The van der Waals surface area contributed by atoms with Crippen molar-refractivity contribution in [1.29, 1.82) is 0 Å². The van der Waals surface area contributed by atoms with E-state index in [9.17, 15) is 4.79 Å². The maximum Gasteiger partial charge on any atom is 0.150 e. The third-order valence-electron chi connectivity index (χ3n) is 3.19. The average molecular weight is 224 g/mol. The molecule has 0 saturated heterocycles. The van der Waals surface area contributed by atoms with Gasteiger partial charge in [-0.1, -0.05) is 29.8 Å². The van der Waals surface area contributed by atoms with Crippen molar-refractivity contribution in [3.05, 3.63) is 58.7 Å². The van der Waals surface area contributed by atoms with Gasteiger partial charge in [-0.3, -0.25) is 4.79 Å². The quantitative estimate of drug-likeness (QED) is 0.702. The van der Waals surface area contributed by atoms with E-state index in [1.165, 1.54) is 16.7 Å². The lowest BCUT2D eigenvalue weighted by molar-refractivity contribution is 0.112. The molecule has 86 valence electrons. The number of aldehydes is 1. The first-order valence-electron chi connectivity index (χ1n) is 5.75. The first kappa shape index (κ1) is 11.6. The predicted molar refractivity (Wildman–Crippen MR) is 71.5 cm³/mol. The molecule has 1 heteroatoms. The number of hydrogen-bond acceptors (Lipinski definition) is 1. The lowest BCUT2D eigenvalue weighted by atomic mass is 9.94. The van der Waals surface area contributed by atoms with E-state index >= 15 is 0 Å². The number of benzene rings is 2. The summed E-state index contributed by atoms with van der Waals surface area (Å²) in [5, 5.41) is 0. The van der Waals surface area contributed by atoms with E-state index < -0.39 is 0 Å². The van der Waals surface area contributed by atoms with Crippen molar-refractivity contribution in [3.8, 4) is 11.1 Å². The van der Waals surface area contributed by atoms with Crippen molar-refractivity contribution >= 4 is 6.29 Å². The molecule has 0 fully saturated rings. The van der Waals surface area contributed by atoms with E-state index in [4.69, 9.17) is 0 Å². The molecule has 0 saturated carbocycles. The third kappa shape index (κ3) is 2.28. The highest BCUT2D eigenvalue weighted by Gasteiger charge is 2.06. The monoisotopic (exact) mass is 224 g/mol. The maximum absolute atomic E-state index is 10.9. The van der Waals surface area contributed by atoms with Gasteiger partial charge >= 0.3 is 0 Å². The van der Waals surface area contributed by atoms with Gasteiger partial charge in [-0.2, -0.15) is 0 Å². The van der Waals surface area contributed by atoms with Gasteiger partial charge in [-0.25, -0.2) is 0 Å². The summed E-state index contributed by atoms with van der Waals surface area (Å²) >= 11 is 0. The first-order valence-corrected chi connectivity index (χ1v) is 5.75. The summed E-state index contributed by atoms with van der Waals surface area (Å²) in [5.41, 5.74) is 6.69. The predicted octanol–water partition coefficient (Wildman–Crippen LogP) is 4.09. The highest BCUT2D eigenvalue weighted by molar-refractivity contribution is 5.81. The van der Waals surface area contributed by atoms with Crippen LogP contribution in [0, 0.1) is 20.8 Å². The van der Waals surface area contributed by atoms with Gasteiger partial charge in [0, 0.05) is 5.56 Å². The van der Waals surface area contributed by atoms with Crippen molar-refractivity contribution in [2.75, 3.05) is 0 Å². The van der Waals surface area contributed by atoms with Crippen molar-refractivity contribution in [1.82, 2.24) is 0 Å². The Bertz CT molecular complexity index is 550. The molecule has 1 nitrogen and oxygen atoms in total. The number of hydrogen-bond donors (Lipinski definition) is 0. The fourth-order valence-corrected chi connectivity index (χ4v) is 1.99. The second kappa shape index (κ2) is 4.54. The molecular formula is C16H16O. The van der Waals surface area contributed by atoms with Crippen molar-refractivity contribution in [3.63, 3.8) is 0 Å². The minimum Gasteiger partial charge on any atom is -0.298 e. The van der Waals surface area contributed by atoms with Crippen LogP contribution in [-0.2, 0) is 0 Å². The molecule has 0 spiro atoms. The molecule has 2 aromatic rings. The van der Waals surface area contributed by atoms with Gasteiger partial charge in [0.05, 0.1) is 0 Å². The molecule has 0 radical (unpaired) electrons. The van der Waals surface area contributed by atoms with Crippen molar-refractivity contribution in [2.24, 2.45) is 0 Å². The lowest BCUT2D eigenvalue weighted by Gasteiger charge is -2.10. The zero-order valence-electron chi connectivity index (χ0n) is 10.4. The summed E-state index contributed by atoms with van der Waals surface area (Å²) < 4.78 is 0. The minimum atomic E-state index is 0.740. The lowest BCUT2D eigenvalue weighted by Crippen LogP contribution is -1.91. The molecule has 0 heterocycles. The fraction of sp³-hybridized carbons (Fsp3) is 0.188. The molecule has 0 aliphatic rings. The third-order valence-corrected chi connectivity index (χ3v) is 3.19. The van der Waals surface area contributed by atoms with Gasteiger partial charge in [0.1, 0.15) is 6.29 Å². The summed E-state index contributed by atoms with van der Waals surface area (Å²) in [6.07, 6.45) is 0.907. The minimum absolute atomic E-state index is 0.740. The van der Waals surface area contributed by atoms with E-state index in [0.717, 1.165) is 23.0 Å². The number of carbonyl (C=O) groups is 1. The van der Waals surface area contributed by atoms with Crippen molar-refractivity contribution < 1.29 is 4.79 Å². The molecule has 2 aromatic carbocycles. The fourth-order valence-electron chi connectivity index (χ4n) is 1.99. The molecule has 0 amide bonds. The molecule has 17 heavy (non-hydrogen) atoms. The van der Waals surface area contributed by atoms with Crippen LogP contribution in [0.5, 0.6) is 0 Å². The van der Waals surface area contributed by atoms with Crippen LogP contribution in [0.1, 0.15) is 27.0 Å². The van der Waals surface area contributed by atoms with Crippen LogP contribution < -0.4 is 0 Å². The Morgan fingerprint density at radius 2 is 1.59 bits per heavy atom. The molecule has 0 unspecified atom stereocenters. The normalized spacial score (nSPS) is 10.3. The number of rotatable bonds is 2. The molecule has 0 aliphatic carbocycles. The van der Waals surface area contributed by atoms with Crippen LogP contribution in [0.4, 0.5) is 0 Å². The van der Waals surface area contributed by atoms with Gasteiger partial charge in [0.15, 0.2) is 0 Å². The van der Waals surface area contributed by atoms with Gasteiger partial charge in [-0.05, 0) is 55.2 Å². The van der Waals surface area contributed by atoms with Crippen LogP contribution in [0.2, 0.25) is 0 Å². The number of aryl methyl sites for hydroxylation is 2. The molecule has 0 bridgehead atoms. The molecule has 0 aromatic heterocycles. The summed E-state index contributed by atoms with van der Waals surface area (Å²) in [6.45, 7) is 6.21. The smallest absolute Gasteiger partial charge is 0.150 e. The Hall–Kier alpha value is -1.89. The maximum atomic E-state index is 10.9. The Balaban J connectivity index is 2.61. The van der Waals surface area contributed by atoms with Gasteiger partial charge in [-0.15, -0.1) is 0 Å². The Labute approximate surface area is 102 Å². The zero-order valence-corrected chi connectivity index (χ0v) is 10.4. The van der Waals surface area contributed by atoms with E-state index in [1.54, 1.807) is 0 Å². The molecule has 0 N–H and O–H groups in total. The SMILES string of the molecule is Cc1ccc(-c2cc(C=O)cc(C)c2C)cc1. The van der Waals surface area contributed by atoms with Crippen LogP contribution in [0.15, 0.2) is 36.4 Å². The Kier molecular flexibility index (Phi) is 3.10. The molecule has 0 aliphatic heterocycles. The van der Waals surface area contributed by atoms with Crippen LogP contribution in [0.3, 0.4) is 0 Å². The molecule has 0 atom stereocenters. The van der Waals surface area contributed by atoms with E-state index in [1.807, 2.05) is 19.1 Å². The van der Waals surface area contributed by atoms with Gasteiger partial charge in [0.2, 0.25) is 0 Å². The first-order chi connectivity index (χ1) is 8.11. The standard InChI is InChI=1S/C16H16O/c1-11-4-6-15(7-5-11)16-9-14(10-17)8-12(2)13(16)3/h4-10H,1-3H3.